The lowest BCUT2D eigenvalue weighted by molar-refractivity contribution is -0.140. The largest absolute Gasteiger partial charge is 0.390 e. The van der Waals surface area contributed by atoms with E-state index in [1.54, 1.807) is 11.9 Å². The third-order valence-corrected chi connectivity index (χ3v) is 4.42. The summed E-state index contributed by atoms with van der Waals surface area (Å²) in [5.74, 6) is -0.312. The number of rotatable bonds is 4. The maximum atomic E-state index is 12.4. The first-order valence-corrected chi connectivity index (χ1v) is 7.78. The van der Waals surface area contributed by atoms with E-state index in [1.807, 2.05) is 41.1 Å². The van der Waals surface area contributed by atoms with Gasteiger partial charge < -0.3 is 24.4 Å². The highest BCUT2D eigenvalue weighted by atomic mass is 16.5. The molecule has 6 heteroatoms. The van der Waals surface area contributed by atoms with Crippen LogP contribution in [0.25, 0.3) is 10.9 Å². The van der Waals surface area contributed by atoms with Crippen molar-refractivity contribution in [3.63, 3.8) is 0 Å². The first kappa shape index (κ1) is 16.0. The van der Waals surface area contributed by atoms with Gasteiger partial charge in [0.05, 0.1) is 19.3 Å². The molecule has 1 fully saturated rings. The Bertz CT molecular complexity index is 684. The van der Waals surface area contributed by atoms with Crippen molar-refractivity contribution < 1.29 is 19.7 Å². The molecule has 1 aliphatic rings. The number of aromatic nitrogens is 1. The fourth-order valence-corrected chi connectivity index (χ4v) is 3.01. The van der Waals surface area contributed by atoms with Gasteiger partial charge in [-0.3, -0.25) is 4.79 Å². The van der Waals surface area contributed by atoms with Crippen molar-refractivity contribution in [3.05, 3.63) is 36.5 Å². The minimum Gasteiger partial charge on any atom is -0.390 e. The van der Waals surface area contributed by atoms with E-state index in [0.29, 0.717) is 13.2 Å². The first-order valence-electron chi connectivity index (χ1n) is 7.78. The molecule has 1 aliphatic heterocycles. The van der Waals surface area contributed by atoms with Crippen molar-refractivity contribution >= 4 is 16.8 Å². The number of ether oxygens (including phenoxy) is 1. The van der Waals surface area contributed by atoms with E-state index in [2.05, 4.69) is 0 Å². The summed E-state index contributed by atoms with van der Waals surface area (Å²) in [4.78, 5) is 14.0. The predicted octanol–water partition coefficient (Wildman–Crippen LogP) is 0.468. The van der Waals surface area contributed by atoms with Crippen LogP contribution in [0.4, 0.5) is 0 Å². The molecule has 1 aromatic heterocycles. The molecule has 124 valence electrons. The van der Waals surface area contributed by atoms with Gasteiger partial charge >= 0.3 is 0 Å². The summed E-state index contributed by atoms with van der Waals surface area (Å²) in [5.41, 5.74) is 1.02. The van der Waals surface area contributed by atoms with E-state index in [1.165, 1.54) is 0 Å². The normalized spacial score (nSPS) is 24.7. The fraction of sp³-hybridized carbons (Fsp3) is 0.471. The van der Waals surface area contributed by atoms with E-state index >= 15 is 0 Å². The van der Waals surface area contributed by atoms with Crippen LogP contribution in [0.1, 0.15) is 0 Å². The second-order valence-electron chi connectivity index (χ2n) is 6.13. The van der Waals surface area contributed by atoms with Crippen LogP contribution in [0.3, 0.4) is 0 Å². The molecular weight excluding hydrogens is 296 g/mol. The van der Waals surface area contributed by atoms with Gasteiger partial charge in [-0.15, -0.1) is 0 Å². The van der Waals surface area contributed by atoms with E-state index < -0.39 is 12.2 Å². The molecule has 0 spiro atoms. The van der Waals surface area contributed by atoms with Gasteiger partial charge in [0.25, 0.3) is 0 Å². The SMILES string of the molecule is CN(C[C@@H]1COC[C@@H](O)[C@H]1O)C(=O)Cn1ccc2ccccc21. The number of carbonyl (C=O) groups excluding carboxylic acids is 1. The van der Waals surface area contributed by atoms with Crippen molar-refractivity contribution in [2.45, 2.75) is 18.8 Å². The molecule has 3 rings (SSSR count). The average Bonchev–Trinajstić information content (AvgIpc) is 2.95. The summed E-state index contributed by atoms with van der Waals surface area (Å²) in [6.07, 6.45) is 0.163. The zero-order chi connectivity index (χ0) is 16.4. The van der Waals surface area contributed by atoms with Gasteiger partial charge in [0.1, 0.15) is 12.6 Å². The van der Waals surface area contributed by atoms with Crippen LogP contribution in [0.2, 0.25) is 0 Å². The zero-order valence-corrected chi connectivity index (χ0v) is 13.1. The smallest absolute Gasteiger partial charge is 0.242 e. The Labute approximate surface area is 134 Å². The fourth-order valence-electron chi connectivity index (χ4n) is 3.01. The van der Waals surface area contributed by atoms with Gasteiger partial charge in [0.2, 0.25) is 5.91 Å². The van der Waals surface area contributed by atoms with Crippen LogP contribution in [0, 0.1) is 5.92 Å². The number of benzene rings is 1. The third kappa shape index (κ3) is 3.39. The lowest BCUT2D eigenvalue weighted by atomic mass is 9.96. The van der Waals surface area contributed by atoms with Crippen molar-refractivity contribution in [2.24, 2.45) is 5.92 Å². The third-order valence-electron chi connectivity index (χ3n) is 4.42. The molecule has 0 aliphatic carbocycles. The maximum absolute atomic E-state index is 12.4. The molecule has 0 unspecified atom stereocenters. The summed E-state index contributed by atoms with van der Waals surface area (Å²) in [6.45, 7) is 1.10. The minimum atomic E-state index is -0.884. The van der Waals surface area contributed by atoms with Crippen LogP contribution in [-0.2, 0) is 16.1 Å². The zero-order valence-electron chi connectivity index (χ0n) is 13.1. The maximum Gasteiger partial charge on any atom is 0.242 e. The number of hydrogen-bond donors (Lipinski definition) is 2. The highest BCUT2D eigenvalue weighted by Crippen LogP contribution is 2.18. The van der Waals surface area contributed by atoms with E-state index in [-0.39, 0.29) is 25.0 Å². The summed E-state index contributed by atoms with van der Waals surface area (Å²) in [7, 11) is 1.71. The molecule has 0 saturated carbocycles. The summed E-state index contributed by atoms with van der Waals surface area (Å²) >= 11 is 0. The number of amides is 1. The number of aliphatic hydroxyl groups is 2. The molecule has 1 saturated heterocycles. The summed E-state index contributed by atoms with van der Waals surface area (Å²) < 4.78 is 7.17. The summed E-state index contributed by atoms with van der Waals surface area (Å²) in [5, 5.41) is 20.7. The number of fused-ring (bicyclic) bond motifs is 1. The Hall–Kier alpha value is -1.89. The molecule has 2 N–H and O–H groups in total. The topological polar surface area (TPSA) is 74.9 Å². The Morgan fingerprint density at radius 3 is 2.91 bits per heavy atom. The molecule has 2 aromatic rings. The number of para-hydroxylation sites is 1. The Morgan fingerprint density at radius 1 is 1.30 bits per heavy atom. The van der Waals surface area contributed by atoms with Gasteiger partial charge in [-0.2, -0.15) is 0 Å². The quantitative estimate of drug-likeness (QED) is 0.859. The Balaban J connectivity index is 1.63. The van der Waals surface area contributed by atoms with Crippen LogP contribution in [0.15, 0.2) is 36.5 Å². The van der Waals surface area contributed by atoms with Crippen molar-refractivity contribution in [1.29, 1.82) is 0 Å². The van der Waals surface area contributed by atoms with Crippen LogP contribution in [-0.4, -0.2) is 64.6 Å². The van der Waals surface area contributed by atoms with Crippen molar-refractivity contribution in [1.82, 2.24) is 9.47 Å². The second-order valence-corrected chi connectivity index (χ2v) is 6.13. The summed E-state index contributed by atoms with van der Waals surface area (Å²) in [6, 6.07) is 9.90. The van der Waals surface area contributed by atoms with Gasteiger partial charge in [0, 0.05) is 31.2 Å². The van der Waals surface area contributed by atoms with Gasteiger partial charge in [0.15, 0.2) is 0 Å². The Kier molecular flexibility index (Phi) is 4.66. The molecule has 0 radical (unpaired) electrons. The average molecular weight is 318 g/mol. The number of aliphatic hydroxyl groups excluding tert-OH is 2. The number of nitrogens with zero attached hydrogens (tertiary/aromatic N) is 2. The van der Waals surface area contributed by atoms with Gasteiger partial charge in [-0.25, -0.2) is 0 Å². The van der Waals surface area contributed by atoms with Crippen LogP contribution >= 0.6 is 0 Å². The number of likely N-dealkylation sites (N-methyl/N-ethyl adjacent to an activating group) is 1. The van der Waals surface area contributed by atoms with Gasteiger partial charge in [-0.05, 0) is 17.5 Å². The molecule has 2 heterocycles. The highest BCUT2D eigenvalue weighted by Gasteiger charge is 2.32. The standard InChI is InChI=1S/C17H22N2O4/c1-18(8-13-10-23-11-15(20)17(13)22)16(21)9-19-7-6-12-4-2-3-5-14(12)19/h2-7,13,15,17,20,22H,8-11H2,1H3/t13-,15-,17+/m1/s1. The van der Waals surface area contributed by atoms with Crippen LogP contribution in [0.5, 0.6) is 0 Å². The first-order chi connectivity index (χ1) is 11.1. The molecule has 6 nitrogen and oxygen atoms in total. The van der Waals surface area contributed by atoms with E-state index in [9.17, 15) is 15.0 Å². The molecule has 23 heavy (non-hydrogen) atoms. The number of carbonyl (C=O) groups is 1. The van der Waals surface area contributed by atoms with Crippen molar-refractivity contribution in [3.8, 4) is 0 Å². The van der Waals surface area contributed by atoms with Crippen LogP contribution < -0.4 is 0 Å². The van der Waals surface area contributed by atoms with Crippen molar-refractivity contribution in [2.75, 3.05) is 26.8 Å². The number of hydrogen-bond acceptors (Lipinski definition) is 4. The van der Waals surface area contributed by atoms with Gasteiger partial charge in [-0.1, -0.05) is 18.2 Å². The molecule has 1 aromatic carbocycles. The molecule has 0 bridgehead atoms. The lowest BCUT2D eigenvalue weighted by Gasteiger charge is -2.34. The lowest BCUT2D eigenvalue weighted by Crippen LogP contribution is -2.49. The molecule has 1 amide bonds. The second kappa shape index (κ2) is 6.70. The van der Waals surface area contributed by atoms with E-state index in [0.717, 1.165) is 10.9 Å². The molecular formula is C17H22N2O4. The van der Waals surface area contributed by atoms with E-state index in [4.69, 9.17) is 4.74 Å². The molecule has 3 atom stereocenters. The highest BCUT2D eigenvalue weighted by molar-refractivity contribution is 5.83. The minimum absolute atomic E-state index is 0.0429. The monoisotopic (exact) mass is 318 g/mol. The Morgan fingerprint density at radius 2 is 2.09 bits per heavy atom. The predicted molar refractivity (Wildman–Crippen MR) is 85.9 cm³/mol.